The topological polar surface area (TPSA) is 132 Å². The highest BCUT2D eigenvalue weighted by Gasteiger charge is 2.30. The van der Waals surface area contributed by atoms with E-state index in [-0.39, 0.29) is 16.6 Å². The lowest BCUT2D eigenvalue weighted by atomic mass is 10.2. The van der Waals surface area contributed by atoms with Gasteiger partial charge in [0.05, 0.1) is 14.7 Å². The van der Waals surface area contributed by atoms with E-state index in [0.29, 0.717) is 24.0 Å². The summed E-state index contributed by atoms with van der Waals surface area (Å²) in [6.07, 6.45) is 3.18. The molecule has 10 nitrogen and oxygen atoms in total. The highest BCUT2D eigenvalue weighted by atomic mass is 32.2. The second kappa shape index (κ2) is 9.25. The first-order valence-electron chi connectivity index (χ1n) is 10.0. The van der Waals surface area contributed by atoms with E-state index in [1.165, 1.54) is 34.7 Å². The summed E-state index contributed by atoms with van der Waals surface area (Å²) in [5.74, 6) is 0.0861. The third-order valence-corrected chi connectivity index (χ3v) is 7.84. The SMILES string of the molecule is CC(=O)Nc1ncc(-c2ccc(Oc3ccc(S(=O)(=O)N4CCCC4)cc3[N+](=O)[O-])cc2)s1. The van der Waals surface area contributed by atoms with Gasteiger partial charge >= 0.3 is 5.69 Å². The van der Waals surface area contributed by atoms with Gasteiger partial charge in [0.1, 0.15) is 5.75 Å². The number of carbonyl (C=O) groups is 1. The lowest BCUT2D eigenvalue weighted by Gasteiger charge is -2.16. The Bertz CT molecular complexity index is 1300. The number of nitro benzene ring substituents is 1. The van der Waals surface area contributed by atoms with Gasteiger partial charge in [0, 0.05) is 32.3 Å². The fourth-order valence-electron chi connectivity index (χ4n) is 3.39. The Kier molecular flexibility index (Phi) is 6.40. The Morgan fingerprint density at radius 1 is 1.18 bits per heavy atom. The van der Waals surface area contributed by atoms with Crippen LogP contribution in [-0.2, 0) is 14.8 Å². The summed E-state index contributed by atoms with van der Waals surface area (Å²) in [5.41, 5.74) is 0.403. The van der Waals surface area contributed by atoms with Crippen molar-refractivity contribution < 1.29 is 22.9 Å². The highest BCUT2D eigenvalue weighted by Crippen LogP contribution is 2.36. The van der Waals surface area contributed by atoms with Crippen LogP contribution in [0, 0.1) is 10.1 Å². The lowest BCUT2D eigenvalue weighted by molar-refractivity contribution is -0.385. The first kappa shape index (κ1) is 22.8. The van der Waals surface area contributed by atoms with Gasteiger partial charge in [-0.15, -0.1) is 0 Å². The summed E-state index contributed by atoms with van der Waals surface area (Å²) >= 11 is 1.31. The van der Waals surface area contributed by atoms with Crippen molar-refractivity contribution >= 4 is 38.1 Å². The second-order valence-electron chi connectivity index (χ2n) is 7.34. The molecule has 0 atom stereocenters. The molecule has 2 aromatic carbocycles. The monoisotopic (exact) mass is 488 g/mol. The largest absolute Gasteiger partial charge is 0.450 e. The number of anilines is 1. The summed E-state index contributed by atoms with van der Waals surface area (Å²) in [6.45, 7) is 2.22. The minimum atomic E-state index is -3.78. The summed E-state index contributed by atoms with van der Waals surface area (Å²) < 4.78 is 32.5. The zero-order valence-electron chi connectivity index (χ0n) is 17.6. The predicted molar refractivity (Wildman–Crippen MR) is 123 cm³/mol. The standard InChI is InChI=1S/C21H20N4O6S2/c1-14(26)23-21-22-13-20(32-21)15-4-6-16(7-5-15)31-19-9-8-17(12-18(19)25(27)28)33(29,30)24-10-2-3-11-24/h4-9,12-13H,2-3,10-11H2,1H3,(H,22,23,26). The van der Waals surface area contributed by atoms with Crippen LogP contribution in [0.15, 0.2) is 53.6 Å². The van der Waals surface area contributed by atoms with Crippen LogP contribution in [0.3, 0.4) is 0 Å². The van der Waals surface area contributed by atoms with E-state index in [4.69, 9.17) is 4.74 Å². The van der Waals surface area contributed by atoms with Crippen LogP contribution in [0.2, 0.25) is 0 Å². The molecule has 1 aliphatic heterocycles. The first-order valence-corrected chi connectivity index (χ1v) is 12.3. The zero-order chi connectivity index (χ0) is 23.6. The maximum Gasteiger partial charge on any atom is 0.312 e. The smallest absolute Gasteiger partial charge is 0.312 e. The molecule has 0 saturated carbocycles. The number of benzene rings is 2. The number of aromatic nitrogens is 1. The number of hydrogen-bond donors (Lipinski definition) is 1. The Hall–Kier alpha value is -3.35. The van der Waals surface area contributed by atoms with Crippen molar-refractivity contribution in [2.24, 2.45) is 0 Å². The van der Waals surface area contributed by atoms with Gasteiger partial charge in [-0.05, 0) is 54.8 Å². The van der Waals surface area contributed by atoms with Gasteiger partial charge in [0.25, 0.3) is 0 Å². The number of hydrogen-bond acceptors (Lipinski definition) is 8. The number of nitrogens with one attached hydrogen (secondary N) is 1. The average Bonchev–Trinajstić information content (AvgIpc) is 3.47. The van der Waals surface area contributed by atoms with Gasteiger partial charge in [0.15, 0.2) is 5.13 Å². The third-order valence-electron chi connectivity index (χ3n) is 4.99. The molecule has 1 N–H and O–H groups in total. The molecule has 172 valence electrons. The van der Waals surface area contributed by atoms with Gasteiger partial charge in [-0.1, -0.05) is 11.3 Å². The molecule has 1 fully saturated rings. The van der Waals surface area contributed by atoms with Crippen LogP contribution < -0.4 is 10.1 Å². The molecule has 0 aliphatic carbocycles. The van der Waals surface area contributed by atoms with Crippen molar-refractivity contribution in [3.8, 4) is 21.9 Å². The van der Waals surface area contributed by atoms with Crippen molar-refractivity contribution in [3.63, 3.8) is 0 Å². The van der Waals surface area contributed by atoms with E-state index in [0.717, 1.165) is 29.3 Å². The van der Waals surface area contributed by atoms with Crippen LogP contribution in [-0.4, -0.2) is 41.6 Å². The minimum absolute atomic E-state index is 0.0566. The van der Waals surface area contributed by atoms with Crippen LogP contribution in [0.25, 0.3) is 10.4 Å². The van der Waals surface area contributed by atoms with Crippen LogP contribution in [0.1, 0.15) is 19.8 Å². The van der Waals surface area contributed by atoms with Crippen molar-refractivity contribution in [3.05, 3.63) is 58.8 Å². The summed E-state index contributed by atoms with van der Waals surface area (Å²) in [4.78, 5) is 26.9. The summed E-state index contributed by atoms with van der Waals surface area (Å²) in [5, 5.41) is 14.7. The number of thiazole rings is 1. The summed E-state index contributed by atoms with van der Waals surface area (Å²) in [7, 11) is -3.78. The zero-order valence-corrected chi connectivity index (χ0v) is 19.2. The Labute approximate surface area is 194 Å². The molecule has 33 heavy (non-hydrogen) atoms. The Morgan fingerprint density at radius 3 is 2.52 bits per heavy atom. The Morgan fingerprint density at radius 2 is 1.88 bits per heavy atom. The quantitative estimate of drug-likeness (QED) is 0.388. The average molecular weight is 489 g/mol. The lowest BCUT2D eigenvalue weighted by Crippen LogP contribution is -2.27. The van der Waals surface area contributed by atoms with Gasteiger partial charge in [0.2, 0.25) is 21.7 Å². The third kappa shape index (κ3) is 5.02. The molecule has 0 radical (unpaired) electrons. The molecule has 0 unspecified atom stereocenters. The molecular formula is C21H20N4O6S2. The molecule has 1 aromatic heterocycles. The molecule has 1 saturated heterocycles. The molecule has 1 amide bonds. The number of rotatable bonds is 7. The molecule has 1 aliphatic rings. The van der Waals surface area contributed by atoms with Crippen LogP contribution in [0.4, 0.5) is 10.8 Å². The number of carbonyl (C=O) groups excluding carboxylic acids is 1. The number of ether oxygens (including phenoxy) is 1. The number of sulfonamides is 1. The van der Waals surface area contributed by atoms with Gasteiger partial charge in [-0.2, -0.15) is 4.31 Å². The maximum atomic E-state index is 12.7. The normalized spacial score (nSPS) is 14.2. The molecule has 3 aromatic rings. The Balaban J connectivity index is 1.55. The summed E-state index contributed by atoms with van der Waals surface area (Å²) in [6, 6.07) is 10.5. The van der Waals surface area contributed by atoms with E-state index in [9.17, 15) is 23.3 Å². The maximum absolute atomic E-state index is 12.7. The van der Waals surface area contributed by atoms with E-state index >= 15 is 0 Å². The fraction of sp³-hybridized carbons (Fsp3) is 0.238. The highest BCUT2D eigenvalue weighted by molar-refractivity contribution is 7.89. The second-order valence-corrected chi connectivity index (χ2v) is 10.3. The van der Waals surface area contributed by atoms with E-state index in [1.54, 1.807) is 30.5 Å². The van der Waals surface area contributed by atoms with Crippen molar-refractivity contribution in [1.29, 1.82) is 0 Å². The number of nitro groups is 1. The number of nitrogens with zero attached hydrogens (tertiary/aromatic N) is 3. The molecule has 0 spiro atoms. The first-order chi connectivity index (χ1) is 15.7. The number of amides is 1. The van der Waals surface area contributed by atoms with E-state index < -0.39 is 20.6 Å². The molecule has 4 rings (SSSR count). The van der Waals surface area contributed by atoms with Gasteiger partial charge in [-0.3, -0.25) is 14.9 Å². The molecule has 12 heteroatoms. The fourth-order valence-corrected chi connectivity index (χ4v) is 5.80. The van der Waals surface area contributed by atoms with Crippen molar-refractivity contribution in [2.45, 2.75) is 24.7 Å². The van der Waals surface area contributed by atoms with Gasteiger partial charge in [-0.25, -0.2) is 13.4 Å². The van der Waals surface area contributed by atoms with Crippen LogP contribution in [0.5, 0.6) is 11.5 Å². The van der Waals surface area contributed by atoms with Crippen molar-refractivity contribution in [1.82, 2.24) is 9.29 Å². The predicted octanol–water partition coefficient (Wildman–Crippen LogP) is 4.25. The molecule has 2 heterocycles. The van der Waals surface area contributed by atoms with Crippen LogP contribution >= 0.6 is 11.3 Å². The van der Waals surface area contributed by atoms with E-state index in [1.807, 2.05) is 0 Å². The minimum Gasteiger partial charge on any atom is -0.450 e. The van der Waals surface area contributed by atoms with E-state index in [2.05, 4.69) is 10.3 Å². The van der Waals surface area contributed by atoms with Gasteiger partial charge < -0.3 is 10.1 Å². The molecule has 0 bridgehead atoms. The molecular weight excluding hydrogens is 468 g/mol. The van der Waals surface area contributed by atoms with Crippen molar-refractivity contribution in [2.75, 3.05) is 18.4 Å².